The molecule has 0 spiro atoms. The summed E-state index contributed by atoms with van der Waals surface area (Å²) < 4.78 is 0. The molecule has 86 valence electrons. The number of rotatable bonds is 4. The SMILES string of the molecule is CSc1ncc(CO)c(NC23CC(C2)C3)n1. The topological polar surface area (TPSA) is 58.0 Å². The molecular formula is C11H15N3OS. The molecule has 0 amide bonds. The van der Waals surface area contributed by atoms with Crippen LogP contribution in [0.1, 0.15) is 24.8 Å². The summed E-state index contributed by atoms with van der Waals surface area (Å²) in [6.45, 7) is -0.00347. The molecule has 5 heteroatoms. The van der Waals surface area contributed by atoms with Gasteiger partial charge in [-0.15, -0.1) is 0 Å². The number of aliphatic hydroxyl groups is 1. The molecule has 0 unspecified atom stereocenters. The van der Waals surface area contributed by atoms with Crippen molar-refractivity contribution in [1.82, 2.24) is 9.97 Å². The van der Waals surface area contributed by atoms with Crippen molar-refractivity contribution in [2.24, 2.45) is 5.92 Å². The molecule has 0 atom stereocenters. The van der Waals surface area contributed by atoms with Crippen LogP contribution in [-0.2, 0) is 6.61 Å². The van der Waals surface area contributed by atoms with Crippen LogP contribution in [0.3, 0.4) is 0 Å². The first kappa shape index (κ1) is 10.4. The van der Waals surface area contributed by atoms with Crippen LogP contribution in [0, 0.1) is 5.92 Å². The Bertz CT molecular complexity index is 407. The van der Waals surface area contributed by atoms with Crippen molar-refractivity contribution >= 4 is 17.6 Å². The predicted octanol–water partition coefficient (Wildman–Crippen LogP) is 1.66. The Morgan fingerprint density at radius 3 is 2.81 bits per heavy atom. The predicted molar refractivity (Wildman–Crippen MR) is 63.4 cm³/mol. The fourth-order valence-corrected chi connectivity index (χ4v) is 2.94. The molecule has 4 nitrogen and oxygen atoms in total. The van der Waals surface area contributed by atoms with Crippen LogP contribution in [0.4, 0.5) is 5.82 Å². The van der Waals surface area contributed by atoms with Crippen LogP contribution in [0.25, 0.3) is 0 Å². The van der Waals surface area contributed by atoms with Gasteiger partial charge in [0.1, 0.15) is 5.82 Å². The summed E-state index contributed by atoms with van der Waals surface area (Å²) in [4.78, 5) is 8.60. The van der Waals surface area contributed by atoms with Crippen LogP contribution in [0.15, 0.2) is 11.4 Å². The minimum absolute atomic E-state index is 0.00347. The Morgan fingerprint density at radius 1 is 1.56 bits per heavy atom. The second-order valence-corrected chi connectivity index (χ2v) is 5.55. The molecule has 0 radical (unpaired) electrons. The number of thioether (sulfide) groups is 1. The Balaban J connectivity index is 1.84. The molecule has 3 aliphatic rings. The Kier molecular flexibility index (Phi) is 2.33. The minimum Gasteiger partial charge on any atom is -0.391 e. The molecule has 2 bridgehead atoms. The van der Waals surface area contributed by atoms with Gasteiger partial charge in [-0.3, -0.25) is 0 Å². The first-order chi connectivity index (χ1) is 7.74. The van der Waals surface area contributed by atoms with E-state index >= 15 is 0 Å². The van der Waals surface area contributed by atoms with Gasteiger partial charge in [0.25, 0.3) is 0 Å². The van der Waals surface area contributed by atoms with Gasteiger partial charge in [-0.25, -0.2) is 9.97 Å². The molecule has 0 aliphatic heterocycles. The molecule has 0 aromatic carbocycles. The molecule has 16 heavy (non-hydrogen) atoms. The monoisotopic (exact) mass is 237 g/mol. The molecule has 2 N–H and O–H groups in total. The van der Waals surface area contributed by atoms with Gasteiger partial charge in [0.05, 0.1) is 6.61 Å². The fraction of sp³-hybridized carbons (Fsp3) is 0.636. The van der Waals surface area contributed by atoms with E-state index in [0.29, 0.717) is 5.54 Å². The third kappa shape index (κ3) is 1.50. The van der Waals surface area contributed by atoms with E-state index in [1.165, 1.54) is 31.0 Å². The van der Waals surface area contributed by atoms with Crippen LogP contribution < -0.4 is 5.32 Å². The van der Waals surface area contributed by atoms with Gasteiger partial charge in [0.15, 0.2) is 5.16 Å². The van der Waals surface area contributed by atoms with E-state index in [1.807, 2.05) is 6.26 Å². The highest BCUT2D eigenvalue weighted by Gasteiger charge is 2.56. The van der Waals surface area contributed by atoms with Gasteiger partial charge in [0.2, 0.25) is 0 Å². The lowest BCUT2D eigenvalue weighted by molar-refractivity contribution is 0.00160. The van der Waals surface area contributed by atoms with Gasteiger partial charge in [-0.1, -0.05) is 11.8 Å². The number of hydrogen-bond acceptors (Lipinski definition) is 5. The van der Waals surface area contributed by atoms with E-state index in [1.54, 1.807) is 6.20 Å². The summed E-state index contributed by atoms with van der Waals surface area (Å²) in [5.74, 6) is 1.76. The average molecular weight is 237 g/mol. The minimum atomic E-state index is -0.00347. The van der Waals surface area contributed by atoms with Crippen molar-refractivity contribution in [2.75, 3.05) is 11.6 Å². The number of nitrogens with zero attached hydrogens (tertiary/aromatic N) is 2. The number of hydrogen-bond donors (Lipinski definition) is 2. The van der Waals surface area contributed by atoms with Crippen LogP contribution in [0.2, 0.25) is 0 Å². The van der Waals surface area contributed by atoms with Gasteiger partial charge in [-0.2, -0.15) is 0 Å². The zero-order chi connectivity index (χ0) is 11.2. The fourth-order valence-electron chi connectivity index (χ4n) is 2.60. The second-order valence-electron chi connectivity index (χ2n) is 4.77. The number of aromatic nitrogens is 2. The molecular weight excluding hydrogens is 222 g/mol. The summed E-state index contributed by atoms with van der Waals surface area (Å²) in [7, 11) is 0. The standard InChI is InChI=1S/C11H15N3OS/c1-16-10-12-5-8(6-15)9(13-10)14-11-2-7(3-11)4-11/h5,7,15H,2-4,6H2,1H3,(H,12,13,14). The van der Waals surface area contributed by atoms with Gasteiger partial charge < -0.3 is 10.4 Å². The third-order valence-electron chi connectivity index (χ3n) is 3.62. The highest BCUT2D eigenvalue weighted by atomic mass is 32.2. The second kappa shape index (κ2) is 3.60. The lowest BCUT2D eigenvalue weighted by Crippen LogP contribution is -2.63. The maximum Gasteiger partial charge on any atom is 0.189 e. The van der Waals surface area contributed by atoms with Crippen molar-refractivity contribution in [2.45, 2.75) is 36.6 Å². The van der Waals surface area contributed by atoms with Crippen molar-refractivity contribution in [3.63, 3.8) is 0 Å². The van der Waals surface area contributed by atoms with Crippen molar-refractivity contribution < 1.29 is 5.11 Å². The van der Waals surface area contributed by atoms with Crippen LogP contribution in [0.5, 0.6) is 0 Å². The largest absolute Gasteiger partial charge is 0.391 e. The zero-order valence-electron chi connectivity index (χ0n) is 9.23. The highest BCUT2D eigenvalue weighted by molar-refractivity contribution is 7.98. The van der Waals surface area contributed by atoms with Gasteiger partial charge in [0, 0.05) is 17.3 Å². The van der Waals surface area contributed by atoms with Gasteiger partial charge >= 0.3 is 0 Å². The Hall–Kier alpha value is -0.810. The van der Waals surface area contributed by atoms with Gasteiger partial charge in [-0.05, 0) is 31.4 Å². The molecule has 1 heterocycles. The molecule has 3 saturated carbocycles. The first-order valence-corrected chi connectivity index (χ1v) is 6.76. The molecule has 0 saturated heterocycles. The number of anilines is 1. The van der Waals surface area contributed by atoms with E-state index in [-0.39, 0.29) is 6.61 Å². The molecule has 4 rings (SSSR count). The smallest absolute Gasteiger partial charge is 0.189 e. The lowest BCUT2D eigenvalue weighted by atomic mass is 9.50. The summed E-state index contributed by atoms with van der Waals surface area (Å²) in [5, 5.41) is 13.5. The first-order valence-electron chi connectivity index (χ1n) is 5.54. The van der Waals surface area contributed by atoms with E-state index in [4.69, 9.17) is 0 Å². The third-order valence-corrected chi connectivity index (χ3v) is 4.18. The average Bonchev–Trinajstić information content (AvgIpc) is 2.21. The summed E-state index contributed by atoms with van der Waals surface area (Å²) in [6.07, 6.45) is 7.45. The molecule has 3 fully saturated rings. The number of nitrogens with one attached hydrogen (secondary N) is 1. The van der Waals surface area contributed by atoms with Crippen molar-refractivity contribution in [3.8, 4) is 0 Å². The van der Waals surface area contributed by atoms with E-state index in [0.717, 1.165) is 22.5 Å². The van der Waals surface area contributed by atoms with Crippen molar-refractivity contribution in [1.29, 1.82) is 0 Å². The van der Waals surface area contributed by atoms with Crippen LogP contribution >= 0.6 is 11.8 Å². The normalized spacial score (nSPS) is 30.5. The highest BCUT2D eigenvalue weighted by Crippen LogP contribution is 2.58. The Labute approximate surface area is 98.9 Å². The lowest BCUT2D eigenvalue weighted by Gasteiger charge is -2.62. The van der Waals surface area contributed by atoms with Crippen LogP contribution in [-0.4, -0.2) is 26.9 Å². The summed E-state index contributed by atoms with van der Waals surface area (Å²) in [6, 6.07) is 0. The maximum absolute atomic E-state index is 9.26. The van der Waals surface area contributed by atoms with E-state index in [9.17, 15) is 5.11 Å². The molecule has 1 aromatic rings. The molecule has 3 aliphatic carbocycles. The maximum atomic E-state index is 9.26. The zero-order valence-corrected chi connectivity index (χ0v) is 10.0. The molecule has 1 aromatic heterocycles. The number of aliphatic hydroxyl groups excluding tert-OH is 1. The summed E-state index contributed by atoms with van der Waals surface area (Å²) in [5.41, 5.74) is 1.08. The Morgan fingerprint density at radius 2 is 2.31 bits per heavy atom. The van der Waals surface area contributed by atoms with E-state index in [2.05, 4.69) is 15.3 Å². The summed E-state index contributed by atoms with van der Waals surface area (Å²) >= 11 is 1.52. The van der Waals surface area contributed by atoms with E-state index < -0.39 is 0 Å². The van der Waals surface area contributed by atoms with Crippen molar-refractivity contribution in [3.05, 3.63) is 11.8 Å². The quantitative estimate of drug-likeness (QED) is 0.616.